The number of hydrogen-bond donors (Lipinski definition) is 3. The summed E-state index contributed by atoms with van der Waals surface area (Å²) in [6.45, 7) is 6.74. The largest absolute Gasteiger partial charge is 0.494 e. The standard InChI is InChI=1S/C35H42N2O4/c1-23(2)27-11-7-12-30(19-27)35(13-14-35)36-22-33(39)32-17-26-10-6-9-25(16-26)8-4-5-15-41-31-20-28(24(3)38)18-29(21-31)34(40)37-32/h6-7,9-12,16,18-21,23,32-33,36,39H,4-5,8,13-15,17,22H2,1-3H3,(H,37,40)/t32-,33+/m1/s1. The van der Waals surface area contributed by atoms with Gasteiger partial charge in [-0.25, -0.2) is 0 Å². The lowest BCUT2D eigenvalue weighted by Gasteiger charge is -2.28. The summed E-state index contributed by atoms with van der Waals surface area (Å²) in [5, 5.41) is 18.3. The molecule has 216 valence electrons. The Morgan fingerprint density at radius 1 is 1.05 bits per heavy atom. The lowest BCUT2D eigenvalue weighted by Crippen LogP contribution is -2.50. The number of nitrogens with one attached hydrogen (secondary N) is 2. The molecule has 2 aliphatic rings. The molecule has 1 saturated carbocycles. The van der Waals surface area contributed by atoms with Gasteiger partial charge in [0, 0.05) is 23.2 Å². The quantitative estimate of drug-likeness (QED) is 0.326. The van der Waals surface area contributed by atoms with Crippen LogP contribution in [-0.4, -0.2) is 42.1 Å². The van der Waals surface area contributed by atoms with E-state index in [4.69, 9.17) is 4.74 Å². The summed E-state index contributed by atoms with van der Waals surface area (Å²) in [4.78, 5) is 25.8. The van der Waals surface area contributed by atoms with E-state index in [0.29, 0.717) is 42.4 Å². The van der Waals surface area contributed by atoms with Crippen LogP contribution in [0.5, 0.6) is 5.75 Å². The Morgan fingerprint density at radius 2 is 1.83 bits per heavy atom. The minimum absolute atomic E-state index is 0.129. The van der Waals surface area contributed by atoms with Gasteiger partial charge in [0.1, 0.15) is 5.75 Å². The lowest BCUT2D eigenvalue weighted by atomic mass is 9.95. The van der Waals surface area contributed by atoms with Gasteiger partial charge in [-0.05, 0) is 91.8 Å². The second kappa shape index (κ2) is 12.6. The van der Waals surface area contributed by atoms with Crippen molar-refractivity contribution in [3.63, 3.8) is 0 Å². The van der Waals surface area contributed by atoms with Crippen LogP contribution in [0, 0.1) is 0 Å². The van der Waals surface area contributed by atoms with Crippen LogP contribution in [0.1, 0.15) is 95.3 Å². The number of carbonyl (C=O) groups excluding carboxylic acids is 2. The molecule has 1 aliphatic carbocycles. The number of amides is 1. The van der Waals surface area contributed by atoms with Crippen LogP contribution in [0.3, 0.4) is 0 Å². The smallest absolute Gasteiger partial charge is 0.251 e. The number of rotatable bonds is 7. The number of hydrogen-bond acceptors (Lipinski definition) is 5. The van der Waals surface area contributed by atoms with Gasteiger partial charge >= 0.3 is 0 Å². The predicted molar refractivity (Wildman–Crippen MR) is 162 cm³/mol. The van der Waals surface area contributed by atoms with Crippen molar-refractivity contribution in [2.45, 2.75) is 82.9 Å². The van der Waals surface area contributed by atoms with Crippen molar-refractivity contribution in [3.8, 4) is 5.75 Å². The van der Waals surface area contributed by atoms with E-state index in [1.807, 2.05) is 6.07 Å². The van der Waals surface area contributed by atoms with Crippen LogP contribution in [0.4, 0.5) is 0 Å². The summed E-state index contributed by atoms with van der Waals surface area (Å²) in [5.41, 5.74) is 5.51. The minimum atomic E-state index is -0.823. The Labute approximate surface area is 243 Å². The average Bonchev–Trinajstić information content (AvgIpc) is 3.76. The van der Waals surface area contributed by atoms with E-state index in [1.54, 1.807) is 18.2 Å². The molecule has 4 bridgehead atoms. The highest BCUT2D eigenvalue weighted by Crippen LogP contribution is 2.46. The van der Waals surface area contributed by atoms with E-state index in [9.17, 15) is 14.7 Å². The normalized spacial score (nSPS) is 19.3. The van der Waals surface area contributed by atoms with E-state index >= 15 is 0 Å². The number of benzene rings is 3. The maximum atomic E-state index is 13.6. The van der Waals surface area contributed by atoms with Crippen LogP contribution in [0.2, 0.25) is 0 Å². The highest BCUT2D eigenvalue weighted by molar-refractivity contribution is 6.00. The first-order chi connectivity index (χ1) is 19.7. The summed E-state index contributed by atoms with van der Waals surface area (Å²) < 4.78 is 5.95. The van der Waals surface area contributed by atoms with Gasteiger partial charge in [-0.3, -0.25) is 9.59 Å². The topological polar surface area (TPSA) is 87.7 Å². The molecule has 2 atom stereocenters. The highest BCUT2D eigenvalue weighted by atomic mass is 16.5. The van der Waals surface area contributed by atoms with Gasteiger partial charge in [-0.15, -0.1) is 0 Å². The molecule has 6 nitrogen and oxygen atoms in total. The van der Waals surface area contributed by atoms with E-state index in [2.05, 4.69) is 66.9 Å². The third-order valence-corrected chi connectivity index (χ3v) is 8.44. The number of fused-ring (bicyclic) bond motifs is 4. The summed E-state index contributed by atoms with van der Waals surface area (Å²) in [6.07, 6.45) is 4.46. The fraction of sp³-hybridized carbons (Fsp3) is 0.429. The zero-order valence-corrected chi connectivity index (χ0v) is 24.4. The zero-order chi connectivity index (χ0) is 29.0. The van der Waals surface area contributed by atoms with Gasteiger partial charge in [0.05, 0.1) is 18.8 Å². The molecule has 6 heteroatoms. The number of ketones is 1. The Kier molecular flexibility index (Phi) is 8.91. The van der Waals surface area contributed by atoms with Gasteiger partial charge in [0.25, 0.3) is 5.91 Å². The highest BCUT2D eigenvalue weighted by Gasteiger charge is 2.44. The monoisotopic (exact) mass is 554 g/mol. The molecule has 3 aromatic carbocycles. The molecular formula is C35H42N2O4. The van der Waals surface area contributed by atoms with Crippen LogP contribution in [-0.2, 0) is 18.4 Å². The third kappa shape index (κ3) is 7.24. The third-order valence-electron chi connectivity index (χ3n) is 8.44. The Balaban J connectivity index is 1.39. The molecule has 0 radical (unpaired) electrons. The SMILES string of the molecule is CC(=O)c1cc2cc(c1)C(=O)N[C@@H]([C@@H](O)CNC1(c3cccc(C(C)C)c3)CC1)Cc1cccc(c1)CCCCO2. The molecule has 5 rings (SSSR count). The first-order valence-corrected chi connectivity index (χ1v) is 14.9. The van der Waals surface area contributed by atoms with Crippen LogP contribution < -0.4 is 15.4 Å². The molecule has 1 amide bonds. The molecule has 0 unspecified atom stereocenters. The molecule has 1 fully saturated rings. The molecule has 0 aromatic heterocycles. The lowest BCUT2D eigenvalue weighted by molar-refractivity contribution is 0.0821. The van der Waals surface area contributed by atoms with Crippen molar-refractivity contribution in [2.24, 2.45) is 0 Å². The van der Waals surface area contributed by atoms with Crippen LogP contribution in [0.15, 0.2) is 66.7 Å². The van der Waals surface area contributed by atoms with Crippen molar-refractivity contribution < 1.29 is 19.4 Å². The molecule has 1 heterocycles. The number of aryl methyl sites for hydroxylation is 1. The number of ether oxygens (including phenoxy) is 1. The van der Waals surface area contributed by atoms with E-state index < -0.39 is 12.1 Å². The van der Waals surface area contributed by atoms with Crippen LogP contribution >= 0.6 is 0 Å². The molecule has 3 N–H and O–H groups in total. The van der Waals surface area contributed by atoms with Gasteiger partial charge in [-0.2, -0.15) is 0 Å². The summed E-state index contributed by atoms with van der Waals surface area (Å²) >= 11 is 0. The second-order valence-electron chi connectivity index (χ2n) is 12.0. The van der Waals surface area contributed by atoms with Crippen molar-refractivity contribution in [1.29, 1.82) is 0 Å². The van der Waals surface area contributed by atoms with E-state index in [1.165, 1.54) is 23.6 Å². The second-order valence-corrected chi connectivity index (χ2v) is 12.0. The summed E-state index contributed by atoms with van der Waals surface area (Å²) in [6, 6.07) is 21.6. The molecule has 0 saturated heterocycles. The van der Waals surface area contributed by atoms with Gasteiger partial charge in [0.15, 0.2) is 5.78 Å². The van der Waals surface area contributed by atoms with Crippen LogP contribution in [0.25, 0.3) is 0 Å². The van der Waals surface area contributed by atoms with Gasteiger partial charge in [-0.1, -0.05) is 62.4 Å². The first kappa shape index (κ1) is 29.0. The van der Waals surface area contributed by atoms with E-state index in [-0.39, 0.29) is 17.2 Å². The van der Waals surface area contributed by atoms with Crippen molar-refractivity contribution >= 4 is 11.7 Å². The fourth-order valence-corrected chi connectivity index (χ4v) is 5.67. The number of carbonyl (C=O) groups is 2. The zero-order valence-electron chi connectivity index (χ0n) is 24.4. The number of aliphatic hydroxyl groups is 1. The molecule has 41 heavy (non-hydrogen) atoms. The molecular weight excluding hydrogens is 512 g/mol. The minimum Gasteiger partial charge on any atom is -0.494 e. The molecule has 1 aliphatic heterocycles. The van der Waals surface area contributed by atoms with Gasteiger partial charge in [0.2, 0.25) is 0 Å². The number of Topliss-reactive ketones (excluding diaryl/α,β-unsaturated/α-hetero) is 1. The van der Waals surface area contributed by atoms with Crippen molar-refractivity contribution in [1.82, 2.24) is 10.6 Å². The van der Waals surface area contributed by atoms with Crippen molar-refractivity contribution in [3.05, 3.63) is 100 Å². The Morgan fingerprint density at radius 3 is 2.59 bits per heavy atom. The first-order valence-electron chi connectivity index (χ1n) is 14.9. The predicted octanol–water partition coefficient (Wildman–Crippen LogP) is 5.71. The van der Waals surface area contributed by atoms with Crippen molar-refractivity contribution in [2.75, 3.05) is 13.2 Å². The fourth-order valence-electron chi connectivity index (χ4n) is 5.67. The molecule has 0 spiro atoms. The van der Waals surface area contributed by atoms with Gasteiger partial charge < -0.3 is 20.5 Å². The Bertz CT molecular complexity index is 1390. The average molecular weight is 555 g/mol. The van der Waals surface area contributed by atoms with E-state index in [0.717, 1.165) is 37.7 Å². The number of aliphatic hydroxyl groups excluding tert-OH is 1. The summed E-state index contributed by atoms with van der Waals surface area (Å²) in [7, 11) is 0. The maximum Gasteiger partial charge on any atom is 0.251 e. The summed E-state index contributed by atoms with van der Waals surface area (Å²) in [5.74, 6) is 0.495. The molecule has 3 aromatic rings. The Hall–Kier alpha value is -3.48. The maximum absolute atomic E-state index is 13.6.